The lowest BCUT2D eigenvalue weighted by molar-refractivity contribution is -0.148. The highest BCUT2D eigenvalue weighted by atomic mass is 16.2. The number of unbranched alkanes of at least 4 members (excludes halogenated alkanes) is 1. The number of carbonyl (C=O) groups excluding carboxylic acids is 2. The molecule has 1 aliphatic carbocycles. The lowest BCUT2D eigenvalue weighted by atomic mass is 9.91. The Kier molecular flexibility index (Phi) is 5.48. The molecule has 1 saturated carbocycles. The first-order valence-corrected chi connectivity index (χ1v) is 10.6. The van der Waals surface area contributed by atoms with Crippen LogP contribution in [-0.4, -0.2) is 65.8 Å². The smallest absolute Gasteiger partial charge is 0.250 e. The molecule has 1 unspecified atom stereocenters. The summed E-state index contributed by atoms with van der Waals surface area (Å²) in [6.45, 7) is 7.43. The molecule has 1 aromatic rings. The SMILES string of the molecule is CCCCN1CCN(C(=O)C2c3ccccc3CCN2C(=O)C2CC2)CC1. The van der Waals surface area contributed by atoms with E-state index in [4.69, 9.17) is 0 Å². The average Bonchev–Trinajstić information content (AvgIpc) is 3.56. The average molecular weight is 370 g/mol. The van der Waals surface area contributed by atoms with E-state index in [0.29, 0.717) is 6.54 Å². The highest BCUT2D eigenvalue weighted by molar-refractivity contribution is 5.91. The summed E-state index contributed by atoms with van der Waals surface area (Å²) in [5, 5.41) is 0. The Balaban J connectivity index is 1.51. The molecule has 5 heteroatoms. The molecular formula is C22H31N3O2. The Bertz CT molecular complexity index is 693. The van der Waals surface area contributed by atoms with Crippen molar-refractivity contribution in [2.45, 2.75) is 45.1 Å². The Labute approximate surface area is 162 Å². The van der Waals surface area contributed by atoms with Gasteiger partial charge in [0.25, 0.3) is 0 Å². The van der Waals surface area contributed by atoms with Gasteiger partial charge >= 0.3 is 0 Å². The van der Waals surface area contributed by atoms with Crippen LogP contribution in [0.25, 0.3) is 0 Å². The monoisotopic (exact) mass is 369 g/mol. The highest BCUT2D eigenvalue weighted by Crippen LogP contribution is 2.38. The first-order valence-electron chi connectivity index (χ1n) is 10.6. The lowest BCUT2D eigenvalue weighted by Gasteiger charge is -2.41. The number of amides is 2. The second-order valence-electron chi connectivity index (χ2n) is 8.18. The second kappa shape index (κ2) is 8.01. The van der Waals surface area contributed by atoms with Gasteiger partial charge in [0, 0.05) is 38.6 Å². The van der Waals surface area contributed by atoms with Crippen LogP contribution >= 0.6 is 0 Å². The summed E-state index contributed by atoms with van der Waals surface area (Å²) < 4.78 is 0. The van der Waals surface area contributed by atoms with Crippen LogP contribution in [0.3, 0.4) is 0 Å². The minimum atomic E-state index is -0.426. The molecule has 1 aromatic carbocycles. The van der Waals surface area contributed by atoms with Crippen LogP contribution < -0.4 is 0 Å². The third kappa shape index (κ3) is 3.88. The summed E-state index contributed by atoms with van der Waals surface area (Å²) in [6, 6.07) is 7.75. The predicted molar refractivity (Wildman–Crippen MR) is 105 cm³/mol. The van der Waals surface area contributed by atoms with E-state index in [1.54, 1.807) is 0 Å². The molecule has 27 heavy (non-hydrogen) atoms. The van der Waals surface area contributed by atoms with Gasteiger partial charge in [-0.1, -0.05) is 37.6 Å². The molecule has 2 amide bonds. The molecule has 0 N–H and O–H groups in total. The molecular weight excluding hydrogens is 338 g/mol. The number of piperazine rings is 1. The van der Waals surface area contributed by atoms with E-state index in [2.05, 4.69) is 17.9 Å². The standard InChI is InChI=1S/C22H31N3O2/c1-2-3-11-23-13-15-24(16-14-23)22(27)20-19-7-5-4-6-17(19)10-12-25(20)21(26)18-8-9-18/h4-7,18,20H,2-3,8-16H2,1H3. The highest BCUT2D eigenvalue weighted by Gasteiger charge is 2.43. The fourth-order valence-electron chi connectivity index (χ4n) is 4.38. The van der Waals surface area contributed by atoms with E-state index < -0.39 is 6.04 Å². The summed E-state index contributed by atoms with van der Waals surface area (Å²) in [6.07, 6.45) is 5.23. The summed E-state index contributed by atoms with van der Waals surface area (Å²) in [4.78, 5) is 32.7. The maximum Gasteiger partial charge on any atom is 0.250 e. The maximum absolute atomic E-state index is 13.5. The van der Waals surface area contributed by atoms with Crippen molar-refractivity contribution in [2.24, 2.45) is 5.92 Å². The first kappa shape index (κ1) is 18.5. The summed E-state index contributed by atoms with van der Waals surface area (Å²) in [7, 11) is 0. The number of benzene rings is 1. The van der Waals surface area contributed by atoms with Crippen LogP contribution in [-0.2, 0) is 16.0 Å². The van der Waals surface area contributed by atoms with Gasteiger partial charge in [-0.25, -0.2) is 0 Å². The molecule has 5 nitrogen and oxygen atoms in total. The van der Waals surface area contributed by atoms with Crippen molar-refractivity contribution in [3.63, 3.8) is 0 Å². The quantitative estimate of drug-likeness (QED) is 0.801. The van der Waals surface area contributed by atoms with Gasteiger partial charge in [0.15, 0.2) is 0 Å². The normalized spacial score (nSPS) is 23.2. The maximum atomic E-state index is 13.5. The van der Waals surface area contributed by atoms with Gasteiger partial charge in [0.2, 0.25) is 11.8 Å². The van der Waals surface area contributed by atoms with Crippen molar-refractivity contribution >= 4 is 11.8 Å². The van der Waals surface area contributed by atoms with Crippen LogP contribution in [0.1, 0.15) is 49.8 Å². The van der Waals surface area contributed by atoms with Gasteiger partial charge in [-0.15, -0.1) is 0 Å². The van der Waals surface area contributed by atoms with Crippen LogP contribution in [0.5, 0.6) is 0 Å². The molecule has 4 rings (SSSR count). The van der Waals surface area contributed by atoms with Gasteiger partial charge in [-0.2, -0.15) is 0 Å². The molecule has 2 aliphatic heterocycles. The van der Waals surface area contributed by atoms with Crippen molar-refractivity contribution in [1.82, 2.24) is 14.7 Å². The molecule has 1 atom stereocenters. The fraction of sp³-hybridized carbons (Fsp3) is 0.636. The van der Waals surface area contributed by atoms with Crippen molar-refractivity contribution in [2.75, 3.05) is 39.3 Å². The topological polar surface area (TPSA) is 43.9 Å². The van der Waals surface area contributed by atoms with Crippen LogP contribution in [0.2, 0.25) is 0 Å². The zero-order valence-electron chi connectivity index (χ0n) is 16.4. The zero-order valence-corrected chi connectivity index (χ0v) is 16.4. The third-order valence-electron chi connectivity index (χ3n) is 6.24. The molecule has 3 aliphatic rings. The van der Waals surface area contributed by atoms with Crippen LogP contribution in [0.15, 0.2) is 24.3 Å². The minimum Gasteiger partial charge on any atom is -0.338 e. The second-order valence-corrected chi connectivity index (χ2v) is 8.18. The van der Waals surface area contributed by atoms with E-state index >= 15 is 0 Å². The van der Waals surface area contributed by atoms with E-state index in [0.717, 1.165) is 57.5 Å². The Morgan fingerprint density at radius 2 is 1.74 bits per heavy atom. The molecule has 1 saturated heterocycles. The van der Waals surface area contributed by atoms with Crippen LogP contribution in [0, 0.1) is 5.92 Å². The van der Waals surface area contributed by atoms with Gasteiger partial charge in [0.1, 0.15) is 6.04 Å². The molecule has 2 heterocycles. The number of carbonyl (C=O) groups is 2. The van der Waals surface area contributed by atoms with Crippen molar-refractivity contribution in [3.05, 3.63) is 35.4 Å². The van der Waals surface area contributed by atoms with Gasteiger partial charge in [-0.05, 0) is 43.4 Å². The summed E-state index contributed by atoms with van der Waals surface area (Å²) in [5.74, 6) is 0.451. The first-order chi connectivity index (χ1) is 13.2. The fourth-order valence-corrected chi connectivity index (χ4v) is 4.38. The van der Waals surface area contributed by atoms with Gasteiger partial charge in [-0.3, -0.25) is 14.5 Å². The van der Waals surface area contributed by atoms with Crippen LogP contribution in [0.4, 0.5) is 0 Å². The lowest BCUT2D eigenvalue weighted by Crippen LogP contribution is -2.54. The predicted octanol–water partition coefficient (Wildman–Crippen LogP) is 2.47. The van der Waals surface area contributed by atoms with Gasteiger partial charge in [0.05, 0.1) is 0 Å². The number of fused-ring (bicyclic) bond motifs is 1. The molecule has 0 radical (unpaired) electrons. The van der Waals surface area contributed by atoms with Crippen molar-refractivity contribution < 1.29 is 9.59 Å². The molecule has 0 bridgehead atoms. The molecule has 0 spiro atoms. The molecule has 2 fully saturated rings. The number of hydrogen-bond acceptors (Lipinski definition) is 3. The minimum absolute atomic E-state index is 0.117. The summed E-state index contributed by atoms with van der Waals surface area (Å²) in [5.41, 5.74) is 2.26. The van der Waals surface area contributed by atoms with Gasteiger partial charge < -0.3 is 9.80 Å². The third-order valence-corrected chi connectivity index (χ3v) is 6.24. The summed E-state index contributed by atoms with van der Waals surface area (Å²) >= 11 is 0. The molecule has 146 valence electrons. The van der Waals surface area contributed by atoms with E-state index in [1.165, 1.54) is 18.4 Å². The largest absolute Gasteiger partial charge is 0.338 e. The number of rotatable bonds is 5. The number of nitrogens with zero attached hydrogens (tertiary/aromatic N) is 3. The van der Waals surface area contributed by atoms with E-state index in [1.807, 2.05) is 28.0 Å². The Hall–Kier alpha value is -1.88. The zero-order chi connectivity index (χ0) is 18.8. The van der Waals surface area contributed by atoms with E-state index in [-0.39, 0.29) is 17.7 Å². The number of hydrogen-bond donors (Lipinski definition) is 0. The van der Waals surface area contributed by atoms with Crippen molar-refractivity contribution in [1.29, 1.82) is 0 Å². The Morgan fingerprint density at radius 3 is 2.44 bits per heavy atom. The molecule has 0 aromatic heterocycles. The Morgan fingerprint density at radius 1 is 1.00 bits per heavy atom. The van der Waals surface area contributed by atoms with Crippen molar-refractivity contribution in [3.8, 4) is 0 Å². The van der Waals surface area contributed by atoms with E-state index in [9.17, 15) is 9.59 Å².